The molecular weight excluding hydrogens is 306 g/mol. The first-order valence-corrected chi connectivity index (χ1v) is 8.58. The van der Waals surface area contributed by atoms with Crippen molar-refractivity contribution in [2.75, 3.05) is 10.6 Å². The van der Waals surface area contributed by atoms with Crippen LogP contribution in [0.2, 0.25) is 0 Å². The Labute approximate surface area is 147 Å². The fourth-order valence-corrected chi connectivity index (χ4v) is 3.29. The van der Waals surface area contributed by atoms with Gasteiger partial charge in [-0.2, -0.15) is 0 Å². The number of guanidine groups is 1. The second-order valence-electron chi connectivity index (χ2n) is 6.71. The van der Waals surface area contributed by atoms with Gasteiger partial charge in [-0.05, 0) is 46.2 Å². The molecular formula is C22H21N3. The molecule has 3 heteroatoms. The standard InChI is InChI=1S/C22H21N3/c1-14(2)15-8-11-18(12-9-15)24-22(23)25-20-13-10-17-7-6-16-4-3-5-19(20)21(16)17/h3-14H,1-2H3,(H3,23,24,25). The minimum absolute atomic E-state index is 0.268. The monoisotopic (exact) mass is 327 g/mol. The van der Waals surface area contributed by atoms with Gasteiger partial charge in [-0.25, -0.2) is 0 Å². The van der Waals surface area contributed by atoms with E-state index >= 15 is 0 Å². The van der Waals surface area contributed by atoms with Crippen LogP contribution < -0.4 is 10.6 Å². The Kier molecular flexibility index (Phi) is 3.77. The van der Waals surface area contributed by atoms with E-state index < -0.39 is 0 Å². The zero-order chi connectivity index (χ0) is 17.4. The summed E-state index contributed by atoms with van der Waals surface area (Å²) in [5, 5.41) is 17.0. The number of benzene rings is 3. The van der Waals surface area contributed by atoms with Gasteiger partial charge in [0.15, 0.2) is 5.96 Å². The van der Waals surface area contributed by atoms with Gasteiger partial charge in [-0.1, -0.05) is 62.4 Å². The molecule has 0 heterocycles. The summed E-state index contributed by atoms with van der Waals surface area (Å²) in [6.07, 6.45) is 4.28. The SMILES string of the molecule is CC(C)c1ccc(NC(=N)Nc2ccc3c4c(cccc24)C=C3)cc1. The topological polar surface area (TPSA) is 47.9 Å². The van der Waals surface area contributed by atoms with E-state index in [9.17, 15) is 0 Å². The van der Waals surface area contributed by atoms with Crippen molar-refractivity contribution in [3.8, 4) is 0 Å². The average molecular weight is 327 g/mol. The zero-order valence-corrected chi connectivity index (χ0v) is 14.4. The van der Waals surface area contributed by atoms with Gasteiger partial charge < -0.3 is 10.6 Å². The third kappa shape index (κ3) is 2.89. The normalized spacial score (nSPS) is 12.0. The lowest BCUT2D eigenvalue weighted by molar-refractivity contribution is 0.867. The highest BCUT2D eigenvalue weighted by Crippen LogP contribution is 2.35. The van der Waals surface area contributed by atoms with Gasteiger partial charge in [-0.3, -0.25) is 5.41 Å². The van der Waals surface area contributed by atoms with E-state index in [4.69, 9.17) is 5.41 Å². The second-order valence-corrected chi connectivity index (χ2v) is 6.71. The molecule has 0 aliphatic heterocycles. The third-order valence-electron chi connectivity index (χ3n) is 4.65. The highest BCUT2D eigenvalue weighted by atomic mass is 15.1. The molecule has 3 nitrogen and oxygen atoms in total. The lowest BCUT2D eigenvalue weighted by Gasteiger charge is -2.14. The van der Waals surface area contributed by atoms with E-state index in [1.807, 2.05) is 18.2 Å². The molecule has 0 fully saturated rings. The van der Waals surface area contributed by atoms with Gasteiger partial charge in [0.2, 0.25) is 0 Å². The van der Waals surface area contributed by atoms with E-state index in [0.29, 0.717) is 5.92 Å². The highest BCUT2D eigenvalue weighted by molar-refractivity contribution is 6.13. The maximum absolute atomic E-state index is 8.26. The number of nitrogens with one attached hydrogen (secondary N) is 3. The van der Waals surface area contributed by atoms with Crippen molar-refractivity contribution in [3.05, 3.63) is 71.3 Å². The fourth-order valence-electron chi connectivity index (χ4n) is 3.29. The van der Waals surface area contributed by atoms with Crippen molar-refractivity contribution in [2.24, 2.45) is 0 Å². The molecule has 0 atom stereocenters. The number of hydrogen-bond donors (Lipinski definition) is 3. The fraction of sp³-hybridized carbons (Fsp3) is 0.136. The largest absolute Gasteiger partial charge is 0.326 e. The van der Waals surface area contributed by atoms with Crippen LogP contribution in [0.3, 0.4) is 0 Å². The molecule has 0 radical (unpaired) electrons. The Morgan fingerprint density at radius 3 is 2.28 bits per heavy atom. The summed E-state index contributed by atoms with van der Waals surface area (Å²) in [7, 11) is 0. The average Bonchev–Trinajstić information content (AvgIpc) is 3.03. The summed E-state index contributed by atoms with van der Waals surface area (Å²) in [5.74, 6) is 0.776. The van der Waals surface area contributed by atoms with Crippen LogP contribution in [0.15, 0.2) is 54.6 Å². The molecule has 0 saturated carbocycles. The van der Waals surface area contributed by atoms with Gasteiger partial charge in [0.25, 0.3) is 0 Å². The minimum atomic E-state index is 0.268. The van der Waals surface area contributed by atoms with Crippen molar-refractivity contribution in [1.29, 1.82) is 5.41 Å². The molecule has 0 saturated heterocycles. The van der Waals surface area contributed by atoms with Crippen molar-refractivity contribution in [1.82, 2.24) is 0 Å². The van der Waals surface area contributed by atoms with Gasteiger partial charge in [0.1, 0.15) is 0 Å². The summed E-state index contributed by atoms with van der Waals surface area (Å²) < 4.78 is 0. The van der Waals surface area contributed by atoms with Gasteiger partial charge >= 0.3 is 0 Å². The predicted molar refractivity (Wildman–Crippen MR) is 108 cm³/mol. The summed E-state index contributed by atoms with van der Waals surface area (Å²) >= 11 is 0. The quantitative estimate of drug-likeness (QED) is 0.324. The molecule has 0 aromatic heterocycles. The van der Waals surface area contributed by atoms with Crippen LogP contribution in [0.4, 0.5) is 11.4 Å². The Morgan fingerprint density at radius 2 is 1.56 bits per heavy atom. The molecule has 0 amide bonds. The van der Waals surface area contributed by atoms with Crippen molar-refractivity contribution >= 4 is 40.3 Å². The second kappa shape index (κ2) is 6.10. The van der Waals surface area contributed by atoms with E-state index in [2.05, 4.69) is 73.0 Å². The molecule has 0 bridgehead atoms. The van der Waals surface area contributed by atoms with Gasteiger partial charge in [0.05, 0.1) is 0 Å². The van der Waals surface area contributed by atoms with Crippen LogP contribution in [0.1, 0.15) is 36.5 Å². The first-order chi connectivity index (χ1) is 12.1. The lowest BCUT2D eigenvalue weighted by Crippen LogP contribution is -2.20. The molecule has 25 heavy (non-hydrogen) atoms. The third-order valence-corrected chi connectivity index (χ3v) is 4.65. The van der Waals surface area contributed by atoms with Crippen molar-refractivity contribution in [2.45, 2.75) is 19.8 Å². The van der Waals surface area contributed by atoms with E-state index in [0.717, 1.165) is 16.8 Å². The lowest BCUT2D eigenvalue weighted by atomic mass is 10.0. The molecule has 3 aromatic carbocycles. The number of hydrogen-bond acceptors (Lipinski definition) is 1. The first-order valence-electron chi connectivity index (χ1n) is 8.58. The Morgan fingerprint density at radius 1 is 0.840 bits per heavy atom. The molecule has 124 valence electrons. The van der Waals surface area contributed by atoms with Crippen LogP contribution in [0.25, 0.3) is 22.9 Å². The molecule has 1 aliphatic carbocycles. The summed E-state index contributed by atoms with van der Waals surface area (Å²) in [5.41, 5.74) is 5.62. The molecule has 1 aliphatic rings. The van der Waals surface area contributed by atoms with E-state index in [1.165, 1.54) is 22.1 Å². The van der Waals surface area contributed by atoms with Crippen LogP contribution in [-0.4, -0.2) is 5.96 Å². The van der Waals surface area contributed by atoms with E-state index in [-0.39, 0.29) is 5.96 Å². The Balaban J connectivity index is 1.55. The molecule has 3 aromatic rings. The maximum atomic E-state index is 8.26. The van der Waals surface area contributed by atoms with Crippen LogP contribution in [-0.2, 0) is 0 Å². The molecule has 3 N–H and O–H groups in total. The Hall–Kier alpha value is -3.07. The molecule has 4 rings (SSSR count). The van der Waals surface area contributed by atoms with Crippen molar-refractivity contribution in [3.63, 3.8) is 0 Å². The predicted octanol–water partition coefficient (Wildman–Crippen LogP) is 5.91. The highest BCUT2D eigenvalue weighted by Gasteiger charge is 2.12. The Bertz CT molecular complexity index is 970. The number of anilines is 2. The maximum Gasteiger partial charge on any atom is 0.197 e. The smallest absolute Gasteiger partial charge is 0.197 e. The van der Waals surface area contributed by atoms with Gasteiger partial charge in [-0.15, -0.1) is 0 Å². The summed E-state index contributed by atoms with van der Waals surface area (Å²) in [6.45, 7) is 4.35. The molecule has 0 spiro atoms. The van der Waals surface area contributed by atoms with Crippen molar-refractivity contribution < 1.29 is 0 Å². The summed E-state index contributed by atoms with van der Waals surface area (Å²) in [6, 6.07) is 18.7. The minimum Gasteiger partial charge on any atom is -0.326 e. The molecule has 0 unspecified atom stereocenters. The zero-order valence-electron chi connectivity index (χ0n) is 14.4. The van der Waals surface area contributed by atoms with Crippen LogP contribution in [0, 0.1) is 5.41 Å². The first kappa shape index (κ1) is 15.5. The van der Waals surface area contributed by atoms with Crippen LogP contribution >= 0.6 is 0 Å². The van der Waals surface area contributed by atoms with Gasteiger partial charge in [0, 0.05) is 16.8 Å². The van der Waals surface area contributed by atoms with E-state index in [1.54, 1.807) is 0 Å². The number of rotatable bonds is 3. The van der Waals surface area contributed by atoms with Crippen LogP contribution in [0.5, 0.6) is 0 Å². The summed E-state index contributed by atoms with van der Waals surface area (Å²) in [4.78, 5) is 0.